The maximum Gasteiger partial charge on any atom is 0.389 e. The monoisotopic (exact) mass is 288 g/mol. The Morgan fingerprint density at radius 2 is 1.94 bits per heavy atom. The first kappa shape index (κ1) is 15.5. The fourth-order valence-electron chi connectivity index (χ4n) is 1.71. The second-order valence-corrected chi connectivity index (χ2v) is 7.52. The van der Waals surface area contributed by atoms with Gasteiger partial charge in [-0.3, -0.25) is 0 Å². The van der Waals surface area contributed by atoms with Crippen molar-refractivity contribution in [2.75, 3.05) is 5.75 Å². The van der Waals surface area contributed by atoms with E-state index in [0.717, 1.165) is 5.75 Å². The molecule has 0 spiro atoms. The molecule has 0 bridgehead atoms. The molecule has 1 N–H and O–H groups in total. The van der Waals surface area contributed by atoms with Crippen LogP contribution in [0.25, 0.3) is 0 Å². The Hall–Kier alpha value is 0.450. The molecular weight excluding hydrogens is 269 g/mol. The molecule has 1 nitrogen and oxygen atoms in total. The van der Waals surface area contributed by atoms with E-state index in [9.17, 15) is 18.3 Å². The number of rotatable bonds is 4. The van der Waals surface area contributed by atoms with Gasteiger partial charge in [-0.15, -0.1) is 0 Å². The third kappa shape index (κ3) is 5.75. The van der Waals surface area contributed by atoms with Gasteiger partial charge in [0.15, 0.2) is 0 Å². The molecule has 1 aliphatic rings. The molecule has 1 saturated heterocycles. The molecule has 0 aliphatic carbocycles. The molecule has 0 amide bonds. The first-order chi connectivity index (χ1) is 7.79. The summed E-state index contributed by atoms with van der Waals surface area (Å²) in [6, 6.07) is 0. The Balaban J connectivity index is 2.26. The van der Waals surface area contributed by atoms with Crippen molar-refractivity contribution in [3.8, 4) is 0 Å². The first-order valence-electron chi connectivity index (χ1n) is 5.81. The van der Waals surface area contributed by atoms with E-state index in [4.69, 9.17) is 0 Å². The van der Waals surface area contributed by atoms with Crippen LogP contribution in [-0.4, -0.2) is 38.9 Å². The summed E-state index contributed by atoms with van der Waals surface area (Å²) >= 11 is 3.51. The van der Waals surface area contributed by atoms with Crippen molar-refractivity contribution in [1.29, 1.82) is 0 Å². The number of thioether (sulfide) groups is 2. The highest BCUT2D eigenvalue weighted by Gasteiger charge is 2.31. The summed E-state index contributed by atoms with van der Waals surface area (Å²) in [5.74, 6) is 0.837. The fourth-order valence-corrected chi connectivity index (χ4v) is 4.76. The van der Waals surface area contributed by atoms with Crippen LogP contribution >= 0.6 is 23.5 Å². The molecule has 4 unspecified atom stereocenters. The molecule has 1 aliphatic heterocycles. The van der Waals surface area contributed by atoms with Gasteiger partial charge in [-0.2, -0.15) is 36.7 Å². The number of hydrogen-bond acceptors (Lipinski definition) is 3. The molecule has 0 saturated carbocycles. The molecule has 0 radical (unpaired) electrons. The largest absolute Gasteiger partial charge is 0.392 e. The van der Waals surface area contributed by atoms with Crippen molar-refractivity contribution in [1.82, 2.24) is 0 Å². The lowest BCUT2D eigenvalue weighted by molar-refractivity contribution is -0.136. The Labute approximate surface area is 109 Å². The third-order valence-corrected chi connectivity index (χ3v) is 6.50. The Kier molecular flexibility index (Phi) is 5.99. The SMILES string of the molecule is CC1SCC(C(O)CCCC(F)(F)F)SC1C. The molecule has 0 aromatic rings. The number of alkyl halides is 3. The molecule has 17 heavy (non-hydrogen) atoms. The van der Waals surface area contributed by atoms with E-state index >= 15 is 0 Å². The van der Waals surface area contributed by atoms with E-state index in [-0.39, 0.29) is 18.1 Å². The lowest BCUT2D eigenvalue weighted by Gasteiger charge is -2.33. The minimum atomic E-state index is -4.10. The predicted octanol–water partition coefficient (Wildman–Crippen LogP) is 3.71. The summed E-state index contributed by atoms with van der Waals surface area (Å²) in [6.07, 6.45) is -5.23. The van der Waals surface area contributed by atoms with E-state index in [1.165, 1.54) is 0 Å². The van der Waals surface area contributed by atoms with Gasteiger partial charge in [0, 0.05) is 27.9 Å². The highest BCUT2D eigenvalue weighted by atomic mass is 32.2. The lowest BCUT2D eigenvalue weighted by atomic mass is 10.1. The summed E-state index contributed by atoms with van der Waals surface area (Å²) in [6.45, 7) is 4.26. The minimum absolute atomic E-state index is 0.0241. The highest BCUT2D eigenvalue weighted by Crippen LogP contribution is 2.38. The summed E-state index contributed by atoms with van der Waals surface area (Å²) < 4.78 is 35.9. The standard InChI is InChI=1S/C11H19F3OS2/c1-7-8(2)17-10(6-16-7)9(15)4-3-5-11(12,13)14/h7-10,15H,3-6H2,1-2H3. The quantitative estimate of drug-likeness (QED) is 0.851. The van der Waals surface area contributed by atoms with Gasteiger partial charge in [0.2, 0.25) is 0 Å². The van der Waals surface area contributed by atoms with Gasteiger partial charge < -0.3 is 5.11 Å². The molecule has 1 heterocycles. The number of halogens is 3. The van der Waals surface area contributed by atoms with Crippen LogP contribution in [0.4, 0.5) is 13.2 Å². The van der Waals surface area contributed by atoms with Gasteiger partial charge in [-0.25, -0.2) is 0 Å². The van der Waals surface area contributed by atoms with Crippen molar-refractivity contribution < 1.29 is 18.3 Å². The molecule has 1 fully saturated rings. The maximum absolute atomic E-state index is 12.0. The van der Waals surface area contributed by atoms with Crippen LogP contribution in [0.1, 0.15) is 33.1 Å². The normalized spacial score (nSPS) is 32.5. The predicted molar refractivity (Wildman–Crippen MR) is 68.7 cm³/mol. The second-order valence-electron chi connectivity index (χ2n) is 4.49. The topological polar surface area (TPSA) is 20.2 Å². The van der Waals surface area contributed by atoms with E-state index in [2.05, 4.69) is 13.8 Å². The lowest BCUT2D eigenvalue weighted by Crippen LogP contribution is -2.34. The Morgan fingerprint density at radius 3 is 2.47 bits per heavy atom. The van der Waals surface area contributed by atoms with Crippen molar-refractivity contribution in [2.45, 2.75) is 61.1 Å². The van der Waals surface area contributed by atoms with Crippen LogP contribution in [0.15, 0.2) is 0 Å². The van der Waals surface area contributed by atoms with Crippen molar-refractivity contribution in [3.05, 3.63) is 0 Å². The van der Waals surface area contributed by atoms with Crippen LogP contribution in [0.2, 0.25) is 0 Å². The average Bonchev–Trinajstić information content (AvgIpc) is 2.20. The molecule has 102 valence electrons. The van der Waals surface area contributed by atoms with Crippen LogP contribution < -0.4 is 0 Å². The van der Waals surface area contributed by atoms with Gasteiger partial charge in [0.1, 0.15) is 0 Å². The van der Waals surface area contributed by atoms with E-state index in [1.807, 2.05) is 0 Å². The van der Waals surface area contributed by atoms with Crippen LogP contribution in [0, 0.1) is 0 Å². The summed E-state index contributed by atoms with van der Waals surface area (Å²) in [5.41, 5.74) is 0. The van der Waals surface area contributed by atoms with Crippen molar-refractivity contribution >= 4 is 23.5 Å². The summed E-state index contributed by atoms with van der Waals surface area (Å²) in [4.78, 5) is 0. The maximum atomic E-state index is 12.0. The molecule has 1 rings (SSSR count). The van der Waals surface area contributed by atoms with Gasteiger partial charge in [0.05, 0.1) is 6.10 Å². The number of hydrogen-bond donors (Lipinski definition) is 1. The molecule has 0 aromatic heterocycles. The smallest absolute Gasteiger partial charge is 0.389 e. The first-order valence-corrected chi connectivity index (χ1v) is 7.80. The zero-order valence-electron chi connectivity index (χ0n) is 10.0. The Morgan fingerprint density at radius 1 is 1.29 bits per heavy atom. The number of aliphatic hydroxyl groups excluding tert-OH is 1. The Bertz CT molecular complexity index is 235. The second kappa shape index (κ2) is 6.57. The van der Waals surface area contributed by atoms with E-state index in [1.54, 1.807) is 23.5 Å². The molecule has 0 aromatic carbocycles. The van der Waals surface area contributed by atoms with Crippen LogP contribution in [0.3, 0.4) is 0 Å². The molecule has 4 atom stereocenters. The van der Waals surface area contributed by atoms with Crippen molar-refractivity contribution in [2.24, 2.45) is 0 Å². The summed E-state index contributed by atoms with van der Waals surface area (Å²) in [5, 5.41) is 11.0. The van der Waals surface area contributed by atoms with Crippen molar-refractivity contribution in [3.63, 3.8) is 0 Å². The van der Waals surface area contributed by atoms with E-state index in [0.29, 0.717) is 10.5 Å². The minimum Gasteiger partial charge on any atom is -0.392 e. The van der Waals surface area contributed by atoms with Crippen LogP contribution in [-0.2, 0) is 0 Å². The average molecular weight is 288 g/mol. The van der Waals surface area contributed by atoms with Gasteiger partial charge in [0.25, 0.3) is 0 Å². The zero-order valence-corrected chi connectivity index (χ0v) is 11.7. The fraction of sp³-hybridized carbons (Fsp3) is 1.00. The van der Waals surface area contributed by atoms with Gasteiger partial charge in [-0.1, -0.05) is 13.8 Å². The van der Waals surface area contributed by atoms with Gasteiger partial charge in [-0.05, 0) is 12.8 Å². The summed E-state index contributed by atoms with van der Waals surface area (Å²) in [7, 11) is 0. The van der Waals surface area contributed by atoms with E-state index < -0.39 is 18.7 Å². The third-order valence-electron chi connectivity index (χ3n) is 2.96. The number of aliphatic hydroxyl groups is 1. The van der Waals surface area contributed by atoms with Crippen LogP contribution in [0.5, 0.6) is 0 Å². The van der Waals surface area contributed by atoms with Gasteiger partial charge >= 0.3 is 6.18 Å². The zero-order chi connectivity index (χ0) is 13.1. The molecule has 6 heteroatoms. The highest BCUT2D eigenvalue weighted by molar-refractivity contribution is 8.07. The molecular formula is C11H19F3OS2.